The van der Waals surface area contributed by atoms with Crippen molar-refractivity contribution in [3.8, 4) is 5.75 Å². The number of piperidine rings is 1. The highest BCUT2D eigenvalue weighted by molar-refractivity contribution is 6.05. The summed E-state index contributed by atoms with van der Waals surface area (Å²) < 4.78 is 5.75. The second kappa shape index (κ2) is 5.02. The summed E-state index contributed by atoms with van der Waals surface area (Å²) in [6.07, 6.45) is 5.88. The number of aromatic amines is 1. The smallest absolute Gasteiger partial charge is 0.340 e. The van der Waals surface area contributed by atoms with Gasteiger partial charge in [-0.05, 0) is 26.0 Å². The Bertz CT molecular complexity index is 710. The van der Waals surface area contributed by atoms with E-state index in [4.69, 9.17) is 4.74 Å². The molecule has 0 radical (unpaired) electrons. The minimum atomic E-state index is -0.300. The molecule has 2 bridgehead atoms. The van der Waals surface area contributed by atoms with Crippen LogP contribution in [0.1, 0.15) is 36.0 Å². The third-order valence-corrected chi connectivity index (χ3v) is 5.24. The number of phenolic OH excluding ortho intramolecular Hbond substituents is 1. The number of hydrogen-bond acceptors (Lipinski definition) is 4. The van der Waals surface area contributed by atoms with Crippen LogP contribution in [0.5, 0.6) is 5.75 Å². The molecular formula is C17H20N2O3. The molecule has 2 aliphatic heterocycles. The zero-order valence-electron chi connectivity index (χ0n) is 12.6. The van der Waals surface area contributed by atoms with Crippen molar-refractivity contribution >= 4 is 16.9 Å². The maximum absolute atomic E-state index is 12.5. The summed E-state index contributed by atoms with van der Waals surface area (Å²) in [5.74, 6) is -0.153. The Morgan fingerprint density at radius 3 is 2.77 bits per heavy atom. The van der Waals surface area contributed by atoms with Gasteiger partial charge >= 0.3 is 5.97 Å². The standard InChI is InChI=1S/C17H20N2O3/c1-19-10-5-6-11(19)8-12(7-10)22-17(21)14-9-18-16-13(14)3-2-4-15(16)20/h2-4,9-12,18,20H,5-8H2,1H3/t10-,11+,12?. The molecule has 1 aromatic heterocycles. The summed E-state index contributed by atoms with van der Waals surface area (Å²) in [6.45, 7) is 0. The quantitative estimate of drug-likeness (QED) is 0.837. The van der Waals surface area contributed by atoms with Crippen molar-refractivity contribution in [3.05, 3.63) is 30.0 Å². The van der Waals surface area contributed by atoms with Gasteiger partial charge < -0.3 is 19.7 Å². The lowest BCUT2D eigenvalue weighted by Crippen LogP contribution is -2.43. The van der Waals surface area contributed by atoms with Crippen LogP contribution < -0.4 is 0 Å². The number of phenols is 1. The van der Waals surface area contributed by atoms with E-state index in [1.54, 1.807) is 18.3 Å². The van der Waals surface area contributed by atoms with Crippen LogP contribution in [0.15, 0.2) is 24.4 Å². The predicted molar refractivity (Wildman–Crippen MR) is 83.0 cm³/mol. The molecule has 5 nitrogen and oxygen atoms in total. The monoisotopic (exact) mass is 300 g/mol. The number of carbonyl (C=O) groups is 1. The van der Waals surface area contributed by atoms with Crippen molar-refractivity contribution in [2.45, 2.75) is 43.9 Å². The Kier molecular flexibility index (Phi) is 3.11. The highest BCUT2D eigenvalue weighted by Crippen LogP contribution is 2.36. The molecule has 2 aliphatic rings. The lowest BCUT2D eigenvalue weighted by atomic mass is 10.0. The van der Waals surface area contributed by atoms with E-state index in [0.29, 0.717) is 28.6 Å². The highest BCUT2D eigenvalue weighted by atomic mass is 16.5. The first-order valence-corrected chi connectivity index (χ1v) is 7.85. The number of aromatic hydroxyl groups is 1. The Morgan fingerprint density at radius 1 is 1.32 bits per heavy atom. The van der Waals surface area contributed by atoms with Gasteiger partial charge in [-0.2, -0.15) is 0 Å². The first-order chi connectivity index (χ1) is 10.6. The van der Waals surface area contributed by atoms with Crippen LogP contribution in [0.3, 0.4) is 0 Å². The van der Waals surface area contributed by atoms with Gasteiger partial charge in [0.2, 0.25) is 0 Å². The fourth-order valence-corrected chi connectivity index (χ4v) is 3.98. The summed E-state index contributed by atoms with van der Waals surface area (Å²) in [7, 11) is 2.17. The van der Waals surface area contributed by atoms with E-state index in [9.17, 15) is 9.90 Å². The SMILES string of the molecule is CN1[C@@H]2CC[C@H]1CC(OC(=O)c1c[nH]c3c(O)cccc13)C2. The average molecular weight is 300 g/mol. The second-order valence-electron chi connectivity index (χ2n) is 6.45. The van der Waals surface area contributed by atoms with E-state index in [1.165, 1.54) is 12.8 Å². The van der Waals surface area contributed by atoms with Gasteiger partial charge in [0, 0.05) is 36.5 Å². The Balaban J connectivity index is 1.54. The lowest BCUT2D eigenvalue weighted by Gasteiger charge is -2.35. The molecule has 0 saturated carbocycles. The molecule has 2 N–H and O–H groups in total. The van der Waals surface area contributed by atoms with E-state index in [2.05, 4.69) is 16.9 Å². The fraction of sp³-hybridized carbons (Fsp3) is 0.471. The van der Waals surface area contributed by atoms with Gasteiger partial charge in [-0.3, -0.25) is 0 Å². The summed E-state index contributed by atoms with van der Waals surface area (Å²) in [5, 5.41) is 10.5. The number of hydrogen-bond donors (Lipinski definition) is 2. The van der Waals surface area contributed by atoms with Crippen LogP contribution in [-0.4, -0.2) is 46.2 Å². The summed E-state index contributed by atoms with van der Waals surface area (Å²) in [6, 6.07) is 6.24. The first-order valence-electron chi connectivity index (χ1n) is 7.85. The maximum atomic E-state index is 12.5. The van der Waals surface area contributed by atoms with Crippen LogP contribution in [0.2, 0.25) is 0 Å². The first kappa shape index (κ1) is 13.6. The minimum Gasteiger partial charge on any atom is -0.506 e. The molecule has 1 aromatic carbocycles. The number of para-hydroxylation sites is 1. The number of carbonyl (C=O) groups excluding carboxylic acids is 1. The number of H-pyrrole nitrogens is 1. The number of benzene rings is 1. The van der Waals surface area contributed by atoms with Crippen molar-refractivity contribution < 1.29 is 14.6 Å². The molecule has 2 aromatic rings. The molecule has 0 spiro atoms. The van der Waals surface area contributed by atoms with Gasteiger partial charge in [0.25, 0.3) is 0 Å². The zero-order chi connectivity index (χ0) is 15.3. The minimum absolute atomic E-state index is 0.00320. The fourth-order valence-electron chi connectivity index (χ4n) is 3.98. The van der Waals surface area contributed by atoms with Crippen molar-refractivity contribution in [1.82, 2.24) is 9.88 Å². The van der Waals surface area contributed by atoms with Crippen molar-refractivity contribution in [1.29, 1.82) is 0 Å². The lowest BCUT2D eigenvalue weighted by molar-refractivity contribution is -0.000258. The van der Waals surface area contributed by atoms with Gasteiger partial charge in [0.05, 0.1) is 11.1 Å². The Hall–Kier alpha value is -2.01. The number of nitrogens with zero attached hydrogens (tertiary/aromatic N) is 1. The normalized spacial score (nSPS) is 28.1. The van der Waals surface area contributed by atoms with Gasteiger partial charge in [0.1, 0.15) is 11.9 Å². The molecule has 3 atom stereocenters. The van der Waals surface area contributed by atoms with Gasteiger partial charge in [-0.25, -0.2) is 4.79 Å². The number of esters is 1. The largest absolute Gasteiger partial charge is 0.506 e. The molecule has 116 valence electrons. The maximum Gasteiger partial charge on any atom is 0.340 e. The molecule has 5 heteroatoms. The molecule has 1 unspecified atom stereocenters. The van der Waals surface area contributed by atoms with E-state index in [0.717, 1.165) is 12.8 Å². The molecule has 2 fully saturated rings. The number of fused-ring (bicyclic) bond motifs is 3. The summed E-state index contributed by atoms with van der Waals surface area (Å²) in [4.78, 5) is 17.9. The summed E-state index contributed by atoms with van der Waals surface area (Å²) in [5.41, 5.74) is 1.08. The molecular weight excluding hydrogens is 280 g/mol. The summed E-state index contributed by atoms with van der Waals surface area (Å²) >= 11 is 0. The highest BCUT2D eigenvalue weighted by Gasteiger charge is 2.40. The number of ether oxygens (including phenoxy) is 1. The van der Waals surface area contributed by atoms with Crippen molar-refractivity contribution in [2.75, 3.05) is 7.05 Å². The van der Waals surface area contributed by atoms with Gasteiger partial charge in [0.15, 0.2) is 0 Å². The van der Waals surface area contributed by atoms with Crippen LogP contribution in [0, 0.1) is 0 Å². The number of aromatic nitrogens is 1. The Morgan fingerprint density at radius 2 is 2.05 bits per heavy atom. The van der Waals surface area contributed by atoms with Crippen LogP contribution in [0.4, 0.5) is 0 Å². The molecule has 3 heterocycles. The molecule has 22 heavy (non-hydrogen) atoms. The molecule has 0 aliphatic carbocycles. The third kappa shape index (κ3) is 2.08. The van der Waals surface area contributed by atoms with E-state index < -0.39 is 0 Å². The van der Waals surface area contributed by atoms with Gasteiger partial charge in [-0.15, -0.1) is 0 Å². The van der Waals surface area contributed by atoms with Crippen LogP contribution in [-0.2, 0) is 4.74 Å². The van der Waals surface area contributed by atoms with E-state index in [1.807, 2.05) is 6.07 Å². The van der Waals surface area contributed by atoms with E-state index >= 15 is 0 Å². The second-order valence-corrected chi connectivity index (χ2v) is 6.45. The topological polar surface area (TPSA) is 65.6 Å². The number of rotatable bonds is 2. The zero-order valence-corrected chi connectivity index (χ0v) is 12.6. The molecule has 4 rings (SSSR count). The number of nitrogens with one attached hydrogen (secondary N) is 1. The molecule has 0 amide bonds. The van der Waals surface area contributed by atoms with Crippen LogP contribution >= 0.6 is 0 Å². The average Bonchev–Trinajstić information content (AvgIpc) is 2.99. The predicted octanol–water partition coefficient (Wildman–Crippen LogP) is 2.66. The third-order valence-electron chi connectivity index (χ3n) is 5.24. The Labute approximate surface area is 128 Å². The van der Waals surface area contributed by atoms with Crippen molar-refractivity contribution in [3.63, 3.8) is 0 Å². The molecule has 2 saturated heterocycles. The van der Waals surface area contributed by atoms with E-state index in [-0.39, 0.29) is 17.8 Å². The van der Waals surface area contributed by atoms with Crippen molar-refractivity contribution in [2.24, 2.45) is 0 Å². The van der Waals surface area contributed by atoms with Crippen LogP contribution in [0.25, 0.3) is 10.9 Å². The van der Waals surface area contributed by atoms with Gasteiger partial charge in [-0.1, -0.05) is 12.1 Å².